The van der Waals surface area contributed by atoms with Crippen molar-refractivity contribution in [2.75, 3.05) is 18.9 Å². The van der Waals surface area contributed by atoms with E-state index in [1.165, 1.54) is 11.0 Å². The normalized spacial score (nSPS) is 18.1. The molecular weight excluding hydrogens is 270 g/mol. The second-order valence-electron chi connectivity index (χ2n) is 4.57. The van der Waals surface area contributed by atoms with Crippen LogP contribution < -0.4 is 5.32 Å². The monoisotopic (exact) mass is 284 g/mol. The van der Waals surface area contributed by atoms with Gasteiger partial charge in [0.1, 0.15) is 23.4 Å². The fraction of sp³-hybridized carbons (Fsp3) is 0.385. The molecule has 1 aliphatic rings. The van der Waals surface area contributed by atoms with Crippen molar-refractivity contribution < 1.29 is 23.1 Å². The van der Waals surface area contributed by atoms with Gasteiger partial charge in [-0.1, -0.05) is 6.07 Å². The number of anilines is 1. The van der Waals surface area contributed by atoms with Gasteiger partial charge in [0.2, 0.25) is 5.91 Å². The van der Waals surface area contributed by atoms with Gasteiger partial charge < -0.3 is 15.0 Å². The summed E-state index contributed by atoms with van der Waals surface area (Å²) in [7, 11) is 1.59. The van der Waals surface area contributed by atoms with Crippen LogP contribution in [0, 0.1) is 11.6 Å². The molecule has 1 saturated heterocycles. The van der Waals surface area contributed by atoms with E-state index < -0.39 is 29.3 Å². The molecule has 1 aromatic rings. The Hall–Kier alpha value is -2.18. The first-order valence-corrected chi connectivity index (χ1v) is 6.13. The van der Waals surface area contributed by atoms with Crippen LogP contribution >= 0.6 is 0 Å². The second-order valence-corrected chi connectivity index (χ2v) is 4.57. The highest BCUT2D eigenvalue weighted by molar-refractivity contribution is 5.91. The van der Waals surface area contributed by atoms with Gasteiger partial charge in [-0.2, -0.15) is 0 Å². The molecule has 0 spiro atoms. The van der Waals surface area contributed by atoms with E-state index in [2.05, 4.69) is 5.32 Å². The highest BCUT2D eigenvalue weighted by Crippen LogP contribution is 2.19. The van der Waals surface area contributed by atoms with Crippen LogP contribution in [0.5, 0.6) is 0 Å². The topological polar surface area (TPSA) is 58.6 Å². The number of carbonyl (C=O) groups is 2. The maximum atomic E-state index is 13.3. The number of nitrogens with one attached hydrogen (secondary N) is 1. The molecule has 1 fully saturated rings. The van der Waals surface area contributed by atoms with Crippen molar-refractivity contribution in [1.29, 1.82) is 0 Å². The Morgan fingerprint density at radius 3 is 2.65 bits per heavy atom. The van der Waals surface area contributed by atoms with Crippen LogP contribution in [0.4, 0.5) is 19.3 Å². The lowest BCUT2D eigenvalue weighted by Gasteiger charge is -2.09. The van der Waals surface area contributed by atoms with Crippen molar-refractivity contribution in [1.82, 2.24) is 4.90 Å². The van der Waals surface area contributed by atoms with Crippen molar-refractivity contribution in [3.8, 4) is 0 Å². The summed E-state index contributed by atoms with van der Waals surface area (Å²) in [5.74, 6) is -2.18. The summed E-state index contributed by atoms with van der Waals surface area (Å²) in [6.45, 7) is 0.403. The highest BCUT2D eigenvalue weighted by Gasteiger charge is 2.28. The molecule has 2 amide bonds. The number of cyclic esters (lactones) is 1. The molecule has 0 saturated carbocycles. The lowest BCUT2D eigenvalue weighted by atomic mass is 10.2. The van der Waals surface area contributed by atoms with E-state index in [0.29, 0.717) is 13.0 Å². The van der Waals surface area contributed by atoms with Gasteiger partial charge in [0.25, 0.3) is 0 Å². The zero-order valence-corrected chi connectivity index (χ0v) is 10.9. The Morgan fingerprint density at radius 1 is 1.45 bits per heavy atom. The summed E-state index contributed by atoms with van der Waals surface area (Å²) in [6.07, 6.45) is -0.489. The average Bonchev–Trinajstić information content (AvgIpc) is 2.71. The molecule has 1 N–H and O–H groups in total. The van der Waals surface area contributed by atoms with E-state index in [-0.39, 0.29) is 12.5 Å². The van der Waals surface area contributed by atoms with Crippen molar-refractivity contribution in [2.45, 2.75) is 18.9 Å². The number of ether oxygens (including phenoxy) is 1. The number of carbonyl (C=O) groups excluding carboxylic acids is 2. The maximum Gasteiger partial charge on any atom is 0.409 e. The number of rotatable bonds is 4. The van der Waals surface area contributed by atoms with Gasteiger partial charge in [-0.3, -0.25) is 4.79 Å². The number of hydrogen-bond donors (Lipinski definition) is 1. The lowest BCUT2D eigenvalue weighted by molar-refractivity contribution is -0.116. The third-order valence-corrected chi connectivity index (χ3v) is 2.98. The van der Waals surface area contributed by atoms with Crippen LogP contribution in [-0.2, 0) is 9.53 Å². The number of benzene rings is 1. The summed E-state index contributed by atoms with van der Waals surface area (Å²) in [5.41, 5.74) is -0.460. The second kappa shape index (κ2) is 5.85. The van der Waals surface area contributed by atoms with Crippen LogP contribution in [0.25, 0.3) is 0 Å². The minimum absolute atomic E-state index is 0.0135. The standard InChI is InChI=1S/C13H14F2N2O3/c1-17-7-8(20-13(17)19)5-6-11(18)16-12-9(14)3-2-4-10(12)15/h2-4,8H,5-7H2,1H3,(H,16,18). The number of para-hydroxylation sites is 1. The number of likely N-dealkylation sites (N-methyl/N-ethyl adjacent to an activating group) is 1. The van der Waals surface area contributed by atoms with Gasteiger partial charge in [0.15, 0.2) is 0 Å². The number of hydrogen-bond acceptors (Lipinski definition) is 3. The lowest BCUT2D eigenvalue weighted by Crippen LogP contribution is -2.21. The van der Waals surface area contributed by atoms with Gasteiger partial charge in [-0.05, 0) is 18.6 Å². The average molecular weight is 284 g/mol. The van der Waals surface area contributed by atoms with Crippen LogP contribution in [0.1, 0.15) is 12.8 Å². The Labute approximate surface area is 114 Å². The molecule has 0 aromatic heterocycles. The zero-order chi connectivity index (χ0) is 14.7. The highest BCUT2D eigenvalue weighted by atomic mass is 19.1. The first kappa shape index (κ1) is 14.2. The quantitative estimate of drug-likeness (QED) is 0.921. The number of halogens is 2. The van der Waals surface area contributed by atoms with Crippen molar-refractivity contribution in [2.24, 2.45) is 0 Å². The first-order chi connectivity index (χ1) is 9.47. The zero-order valence-electron chi connectivity index (χ0n) is 10.9. The van der Waals surface area contributed by atoms with Crippen molar-refractivity contribution in [3.05, 3.63) is 29.8 Å². The molecule has 108 valence electrons. The molecule has 0 bridgehead atoms. The molecule has 1 atom stereocenters. The Balaban J connectivity index is 1.86. The molecule has 0 aliphatic carbocycles. The van der Waals surface area contributed by atoms with Gasteiger partial charge in [-0.25, -0.2) is 13.6 Å². The van der Waals surface area contributed by atoms with E-state index in [1.807, 2.05) is 0 Å². The molecule has 7 heteroatoms. The molecule has 1 aromatic carbocycles. The van der Waals surface area contributed by atoms with Crippen LogP contribution in [0.15, 0.2) is 18.2 Å². The fourth-order valence-corrected chi connectivity index (χ4v) is 1.91. The number of amides is 2. The molecule has 1 heterocycles. The predicted octanol–water partition coefficient (Wildman–Crippen LogP) is 2.13. The largest absolute Gasteiger partial charge is 0.444 e. The van der Waals surface area contributed by atoms with Crippen molar-refractivity contribution >= 4 is 17.7 Å². The SMILES string of the molecule is CN1CC(CCC(=O)Nc2c(F)cccc2F)OC1=O. The predicted molar refractivity (Wildman–Crippen MR) is 67.1 cm³/mol. The summed E-state index contributed by atoms with van der Waals surface area (Å²) < 4.78 is 31.6. The van der Waals surface area contributed by atoms with Gasteiger partial charge in [-0.15, -0.1) is 0 Å². The molecule has 1 unspecified atom stereocenters. The first-order valence-electron chi connectivity index (χ1n) is 6.13. The van der Waals surface area contributed by atoms with Crippen LogP contribution in [0.3, 0.4) is 0 Å². The summed E-state index contributed by atoms with van der Waals surface area (Å²) >= 11 is 0. The fourth-order valence-electron chi connectivity index (χ4n) is 1.91. The Bertz CT molecular complexity index is 516. The molecule has 5 nitrogen and oxygen atoms in total. The van der Waals surface area contributed by atoms with E-state index in [0.717, 1.165) is 12.1 Å². The third-order valence-electron chi connectivity index (χ3n) is 2.98. The Kier molecular flexibility index (Phi) is 4.16. The van der Waals surface area contributed by atoms with Crippen molar-refractivity contribution in [3.63, 3.8) is 0 Å². The molecule has 2 rings (SSSR count). The smallest absolute Gasteiger partial charge is 0.409 e. The molecule has 1 aliphatic heterocycles. The molecular formula is C13H14F2N2O3. The van der Waals surface area contributed by atoms with E-state index >= 15 is 0 Å². The van der Waals surface area contributed by atoms with Crippen LogP contribution in [-0.4, -0.2) is 36.6 Å². The van der Waals surface area contributed by atoms with E-state index in [4.69, 9.17) is 4.74 Å². The summed E-state index contributed by atoms with van der Waals surface area (Å²) in [5, 5.41) is 2.18. The Morgan fingerprint density at radius 2 is 2.10 bits per heavy atom. The van der Waals surface area contributed by atoms with Gasteiger partial charge >= 0.3 is 6.09 Å². The third kappa shape index (κ3) is 3.23. The summed E-state index contributed by atoms with van der Waals surface area (Å²) in [4.78, 5) is 24.2. The van der Waals surface area contributed by atoms with Gasteiger partial charge in [0, 0.05) is 13.5 Å². The maximum absolute atomic E-state index is 13.3. The van der Waals surface area contributed by atoms with E-state index in [9.17, 15) is 18.4 Å². The van der Waals surface area contributed by atoms with Crippen LogP contribution in [0.2, 0.25) is 0 Å². The summed E-state index contributed by atoms with van der Waals surface area (Å²) in [6, 6.07) is 3.34. The molecule has 0 radical (unpaired) electrons. The minimum atomic E-state index is -0.828. The minimum Gasteiger partial charge on any atom is -0.444 e. The van der Waals surface area contributed by atoms with E-state index in [1.54, 1.807) is 7.05 Å². The van der Waals surface area contributed by atoms with Gasteiger partial charge in [0.05, 0.1) is 6.54 Å². The number of nitrogens with zero attached hydrogens (tertiary/aromatic N) is 1. The molecule has 20 heavy (non-hydrogen) atoms.